The van der Waals surface area contributed by atoms with Gasteiger partial charge in [-0.3, -0.25) is 9.48 Å². The van der Waals surface area contributed by atoms with E-state index in [1.54, 1.807) is 22.2 Å². The number of fused-ring (bicyclic) bond motifs is 1. The lowest BCUT2D eigenvalue weighted by molar-refractivity contribution is -0.117. The van der Waals surface area contributed by atoms with Gasteiger partial charge in [0.05, 0.1) is 22.1 Å². The molecule has 1 fully saturated rings. The summed E-state index contributed by atoms with van der Waals surface area (Å²) >= 11 is 1.63. The Balaban J connectivity index is 1.47. The molecule has 0 radical (unpaired) electrons. The van der Waals surface area contributed by atoms with Gasteiger partial charge in [-0.2, -0.15) is 10.1 Å². The van der Waals surface area contributed by atoms with Crippen LogP contribution in [0.1, 0.15) is 25.7 Å². The predicted octanol–water partition coefficient (Wildman–Crippen LogP) is 3.19. The monoisotopic (exact) mass is 397 g/mol. The summed E-state index contributed by atoms with van der Waals surface area (Å²) in [5, 5.41) is 16.0. The van der Waals surface area contributed by atoms with Gasteiger partial charge in [-0.15, -0.1) is 11.3 Å². The van der Waals surface area contributed by atoms with E-state index in [1.165, 1.54) is 6.08 Å². The number of hydrogen-bond acceptors (Lipinski definition) is 7. The maximum absolute atomic E-state index is 11.5. The normalized spacial score (nSPS) is 19.3. The first-order valence-corrected chi connectivity index (χ1v) is 10.2. The van der Waals surface area contributed by atoms with Crippen LogP contribution in [-0.4, -0.2) is 37.7 Å². The minimum atomic E-state index is -0.0985. The lowest BCUT2D eigenvalue weighted by Gasteiger charge is -2.29. The number of aryl methyl sites for hydroxylation is 1. The molecule has 3 aromatic heterocycles. The van der Waals surface area contributed by atoms with Crippen molar-refractivity contribution in [3.05, 3.63) is 36.5 Å². The van der Waals surface area contributed by atoms with Crippen molar-refractivity contribution in [1.82, 2.24) is 25.1 Å². The van der Waals surface area contributed by atoms with E-state index in [-0.39, 0.29) is 11.9 Å². The molecule has 0 saturated heterocycles. The predicted molar refractivity (Wildman–Crippen MR) is 112 cm³/mol. The summed E-state index contributed by atoms with van der Waals surface area (Å²) in [6, 6.07) is 2.55. The molecule has 1 amide bonds. The Bertz CT molecular complexity index is 987. The molecule has 9 heteroatoms. The van der Waals surface area contributed by atoms with Gasteiger partial charge in [0.25, 0.3) is 0 Å². The Morgan fingerprint density at radius 2 is 2.07 bits per heavy atom. The quantitative estimate of drug-likeness (QED) is 0.553. The van der Waals surface area contributed by atoms with E-state index >= 15 is 0 Å². The number of carbonyl (C=O) groups excluding carboxylic acids is 1. The fraction of sp³-hybridized carbons (Fsp3) is 0.368. The molecular weight excluding hydrogens is 374 g/mol. The molecule has 8 nitrogen and oxygen atoms in total. The zero-order valence-electron chi connectivity index (χ0n) is 15.7. The largest absolute Gasteiger partial charge is 0.366 e. The molecule has 3 heterocycles. The third-order valence-corrected chi connectivity index (χ3v) is 5.77. The van der Waals surface area contributed by atoms with Crippen molar-refractivity contribution < 1.29 is 4.79 Å². The highest BCUT2D eigenvalue weighted by Crippen LogP contribution is 2.30. The van der Waals surface area contributed by atoms with Crippen LogP contribution in [0.2, 0.25) is 0 Å². The summed E-state index contributed by atoms with van der Waals surface area (Å²) in [4.78, 5) is 20.8. The van der Waals surface area contributed by atoms with Crippen molar-refractivity contribution in [2.75, 3.05) is 10.6 Å². The van der Waals surface area contributed by atoms with Crippen molar-refractivity contribution in [1.29, 1.82) is 0 Å². The highest BCUT2D eigenvalue weighted by atomic mass is 32.1. The maximum atomic E-state index is 11.5. The summed E-state index contributed by atoms with van der Waals surface area (Å²) < 4.78 is 2.78. The van der Waals surface area contributed by atoms with Crippen LogP contribution in [0.3, 0.4) is 0 Å². The number of hydrogen-bond donors (Lipinski definition) is 3. The molecule has 3 N–H and O–H groups in total. The van der Waals surface area contributed by atoms with Crippen LogP contribution in [0, 0.1) is 0 Å². The summed E-state index contributed by atoms with van der Waals surface area (Å²) in [6.45, 7) is 3.51. The van der Waals surface area contributed by atoms with Gasteiger partial charge in [0.15, 0.2) is 0 Å². The lowest BCUT2D eigenvalue weighted by Crippen LogP contribution is -2.39. The van der Waals surface area contributed by atoms with E-state index in [4.69, 9.17) is 4.98 Å². The zero-order valence-corrected chi connectivity index (χ0v) is 16.5. The summed E-state index contributed by atoms with van der Waals surface area (Å²) in [5.74, 6) is 1.30. The number of rotatable bonds is 6. The fourth-order valence-electron chi connectivity index (χ4n) is 3.47. The van der Waals surface area contributed by atoms with Gasteiger partial charge < -0.3 is 16.0 Å². The van der Waals surface area contributed by atoms with Crippen molar-refractivity contribution in [3.63, 3.8) is 0 Å². The maximum Gasteiger partial charge on any atom is 0.243 e. The number of thiophene rings is 1. The Labute approximate surface area is 167 Å². The highest BCUT2D eigenvalue weighted by molar-refractivity contribution is 7.17. The number of aromatic nitrogens is 4. The fourth-order valence-corrected chi connectivity index (χ4v) is 4.25. The molecule has 0 aromatic carbocycles. The minimum absolute atomic E-state index is 0.0985. The van der Waals surface area contributed by atoms with Gasteiger partial charge in [0.1, 0.15) is 5.82 Å². The van der Waals surface area contributed by atoms with Gasteiger partial charge in [-0.05, 0) is 43.2 Å². The molecule has 1 aliphatic carbocycles. The van der Waals surface area contributed by atoms with E-state index in [1.807, 2.05) is 24.7 Å². The molecule has 3 aromatic rings. The molecule has 1 aliphatic rings. The molecule has 0 spiro atoms. The van der Waals surface area contributed by atoms with E-state index in [0.29, 0.717) is 12.0 Å². The zero-order chi connectivity index (χ0) is 19.5. The first kappa shape index (κ1) is 18.4. The second-order valence-corrected chi connectivity index (χ2v) is 7.88. The number of carbonyl (C=O) groups is 1. The van der Waals surface area contributed by atoms with E-state index in [2.05, 4.69) is 32.6 Å². The highest BCUT2D eigenvalue weighted by Gasteiger charge is 2.23. The van der Waals surface area contributed by atoms with Gasteiger partial charge >= 0.3 is 0 Å². The van der Waals surface area contributed by atoms with Gasteiger partial charge in [-0.25, -0.2) is 4.98 Å². The second kappa shape index (κ2) is 7.97. The Morgan fingerprint density at radius 1 is 1.29 bits per heavy atom. The van der Waals surface area contributed by atoms with Gasteiger partial charge in [0.2, 0.25) is 11.9 Å². The van der Waals surface area contributed by atoms with E-state index in [0.717, 1.165) is 47.4 Å². The molecule has 0 atom stereocenters. The van der Waals surface area contributed by atoms with Crippen molar-refractivity contribution in [3.8, 4) is 0 Å². The third-order valence-electron chi connectivity index (χ3n) is 4.86. The van der Waals surface area contributed by atoms with Crippen molar-refractivity contribution in [2.24, 2.45) is 7.05 Å². The number of nitrogens with zero attached hydrogens (tertiary/aromatic N) is 4. The summed E-state index contributed by atoms with van der Waals surface area (Å²) in [5.41, 5.74) is 1.77. The molecular formula is C19H23N7OS. The van der Waals surface area contributed by atoms with Crippen LogP contribution in [0.25, 0.3) is 10.2 Å². The SMILES string of the molecule is C=CC(=O)NC1CCC(Nc2nc(Nc3cnn(C)c3)nc3ccsc23)CC1. The first-order chi connectivity index (χ1) is 13.6. The number of nitrogens with one attached hydrogen (secondary N) is 3. The molecule has 4 rings (SSSR count). The molecule has 0 unspecified atom stereocenters. The van der Waals surface area contributed by atoms with Crippen LogP contribution in [0.15, 0.2) is 36.5 Å². The van der Waals surface area contributed by atoms with E-state index < -0.39 is 0 Å². The average molecular weight is 398 g/mol. The average Bonchev–Trinajstić information content (AvgIpc) is 3.32. The minimum Gasteiger partial charge on any atom is -0.366 e. The standard InChI is InChI=1S/C19H23N7OS/c1-3-16(27)21-12-4-6-13(7-5-12)22-18-17-15(8-9-28-17)24-19(25-18)23-14-10-20-26(2)11-14/h3,8-13H,1,4-7H2,2H3,(H,21,27)(H2,22,23,24,25). The summed E-state index contributed by atoms with van der Waals surface area (Å²) in [6.07, 6.45) is 8.79. The van der Waals surface area contributed by atoms with Crippen LogP contribution >= 0.6 is 11.3 Å². The second-order valence-electron chi connectivity index (χ2n) is 6.96. The third kappa shape index (κ3) is 4.14. The van der Waals surface area contributed by atoms with Crippen LogP contribution in [-0.2, 0) is 11.8 Å². The Kier molecular flexibility index (Phi) is 5.25. The topological polar surface area (TPSA) is 96.8 Å². The first-order valence-electron chi connectivity index (χ1n) is 9.31. The molecule has 1 saturated carbocycles. The van der Waals surface area contributed by atoms with Crippen molar-refractivity contribution in [2.45, 2.75) is 37.8 Å². The molecule has 146 valence electrons. The number of anilines is 3. The van der Waals surface area contributed by atoms with Crippen LogP contribution < -0.4 is 16.0 Å². The smallest absolute Gasteiger partial charge is 0.243 e. The Hall–Kier alpha value is -2.94. The lowest BCUT2D eigenvalue weighted by atomic mass is 9.91. The molecule has 28 heavy (non-hydrogen) atoms. The van der Waals surface area contributed by atoms with Gasteiger partial charge in [-0.1, -0.05) is 6.58 Å². The molecule has 0 bridgehead atoms. The van der Waals surface area contributed by atoms with Crippen molar-refractivity contribution >= 4 is 44.9 Å². The van der Waals surface area contributed by atoms with Crippen LogP contribution in [0.5, 0.6) is 0 Å². The molecule has 0 aliphatic heterocycles. The Morgan fingerprint density at radius 3 is 2.79 bits per heavy atom. The van der Waals surface area contributed by atoms with Gasteiger partial charge in [0, 0.05) is 25.3 Å². The number of amides is 1. The van der Waals surface area contributed by atoms with Crippen LogP contribution in [0.4, 0.5) is 17.5 Å². The van der Waals surface area contributed by atoms with E-state index in [9.17, 15) is 4.79 Å². The summed E-state index contributed by atoms with van der Waals surface area (Å²) in [7, 11) is 1.87.